The smallest absolute Gasteiger partial charge is 0.123 e. The first kappa shape index (κ1) is 27.9. The van der Waals surface area contributed by atoms with E-state index in [0.29, 0.717) is 18.0 Å². The Morgan fingerprint density at radius 1 is 0.816 bits per heavy atom. The second-order valence-electron chi connectivity index (χ2n) is 9.93. The van der Waals surface area contributed by atoms with Gasteiger partial charge in [0, 0.05) is 23.0 Å². The molecule has 2 atom stereocenters. The summed E-state index contributed by atoms with van der Waals surface area (Å²) in [6.45, 7) is 0.708. The number of methoxy groups -OCH3 is 1. The van der Waals surface area contributed by atoms with Crippen LogP contribution in [0.1, 0.15) is 29.0 Å². The van der Waals surface area contributed by atoms with Crippen LogP contribution >= 0.6 is 24.0 Å². The van der Waals surface area contributed by atoms with Crippen molar-refractivity contribution in [2.75, 3.05) is 27.7 Å². The zero-order chi connectivity index (χ0) is 26.0. The lowest BCUT2D eigenvalue weighted by Gasteiger charge is -2.40. The third-order valence-corrected chi connectivity index (χ3v) is 7.54. The molecule has 196 valence electrons. The van der Waals surface area contributed by atoms with Crippen molar-refractivity contribution in [2.24, 2.45) is 0 Å². The summed E-state index contributed by atoms with van der Waals surface area (Å²) in [6, 6.07) is 34.8. The number of rotatable bonds is 8. The predicted octanol–water partition coefficient (Wildman–Crippen LogP) is 8.05. The SMILES string of the molecule is COc1cc2ccccc2cc1C(c1ccc(Cl)cc1)C(O)(CCN(C)C)c1cccc2ccccc12.Cl. The molecule has 0 bridgehead atoms. The first-order chi connectivity index (χ1) is 17.9. The van der Waals surface area contributed by atoms with Gasteiger partial charge in [-0.05, 0) is 77.5 Å². The number of fused-ring (bicyclic) bond motifs is 2. The van der Waals surface area contributed by atoms with E-state index in [4.69, 9.17) is 16.3 Å². The van der Waals surface area contributed by atoms with Crippen LogP contribution in [0.25, 0.3) is 21.5 Å². The van der Waals surface area contributed by atoms with E-state index in [2.05, 4.69) is 53.4 Å². The number of hydrogen-bond acceptors (Lipinski definition) is 3. The average molecular weight is 547 g/mol. The third-order valence-electron chi connectivity index (χ3n) is 7.29. The largest absolute Gasteiger partial charge is 0.496 e. The van der Waals surface area contributed by atoms with Crippen molar-refractivity contribution in [3.8, 4) is 5.75 Å². The molecule has 0 aromatic heterocycles. The number of hydrogen-bond donors (Lipinski definition) is 1. The van der Waals surface area contributed by atoms with Gasteiger partial charge in [-0.15, -0.1) is 12.4 Å². The van der Waals surface area contributed by atoms with Gasteiger partial charge >= 0.3 is 0 Å². The van der Waals surface area contributed by atoms with Crippen molar-refractivity contribution in [2.45, 2.75) is 17.9 Å². The zero-order valence-corrected chi connectivity index (χ0v) is 23.5. The Balaban J connectivity index is 0.00000336. The highest BCUT2D eigenvalue weighted by atomic mass is 35.5. The summed E-state index contributed by atoms with van der Waals surface area (Å²) in [4.78, 5) is 2.12. The lowest BCUT2D eigenvalue weighted by molar-refractivity contribution is 0.00534. The van der Waals surface area contributed by atoms with Gasteiger partial charge in [0.1, 0.15) is 11.4 Å². The summed E-state index contributed by atoms with van der Waals surface area (Å²) in [5.74, 6) is 0.345. The van der Waals surface area contributed by atoms with E-state index in [-0.39, 0.29) is 12.4 Å². The van der Waals surface area contributed by atoms with E-state index in [9.17, 15) is 5.11 Å². The van der Waals surface area contributed by atoms with Gasteiger partial charge in [-0.2, -0.15) is 0 Å². The maximum Gasteiger partial charge on any atom is 0.123 e. The average Bonchev–Trinajstić information content (AvgIpc) is 2.92. The number of aliphatic hydroxyl groups is 1. The maximum atomic E-state index is 13.0. The van der Waals surface area contributed by atoms with E-state index >= 15 is 0 Å². The molecule has 1 N–H and O–H groups in total. The minimum atomic E-state index is -1.24. The molecule has 0 saturated heterocycles. The number of ether oxygens (including phenoxy) is 1. The van der Waals surface area contributed by atoms with Gasteiger partial charge in [-0.3, -0.25) is 0 Å². The van der Waals surface area contributed by atoms with Gasteiger partial charge in [-0.1, -0.05) is 90.5 Å². The molecule has 0 aliphatic heterocycles. The third kappa shape index (κ3) is 5.39. The Bertz CT molecular complexity index is 1530. The molecule has 0 saturated carbocycles. The highest BCUT2D eigenvalue weighted by Crippen LogP contribution is 2.49. The van der Waals surface area contributed by atoms with Gasteiger partial charge in [-0.25, -0.2) is 0 Å². The normalized spacial score (nSPS) is 13.7. The Hall–Kier alpha value is -3.08. The number of nitrogens with zero attached hydrogens (tertiary/aromatic N) is 1. The zero-order valence-electron chi connectivity index (χ0n) is 21.9. The van der Waals surface area contributed by atoms with Crippen LogP contribution in [0.4, 0.5) is 0 Å². The van der Waals surface area contributed by atoms with E-state index in [0.717, 1.165) is 44.0 Å². The lowest BCUT2D eigenvalue weighted by Crippen LogP contribution is -2.38. The summed E-state index contributed by atoms with van der Waals surface area (Å²) >= 11 is 6.32. The van der Waals surface area contributed by atoms with E-state index in [1.807, 2.05) is 68.7 Å². The summed E-state index contributed by atoms with van der Waals surface area (Å²) in [6.07, 6.45) is 0.525. The monoisotopic (exact) mass is 545 g/mol. The molecule has 5 rings (SSSR count). The Kier molecular flexibility index (Phi) is 8.64. The predicted molar refractivity (Wildman–Crippen MR) is 162 cm³/mol. The van der Waals surface area contributed by atoms with Gasteiger partial charge in [0.15, 0.2) is 0 Å². The number of benzene rings is 5. The topological polar surface area (TPSA) is 32.7 Å². The van der Waals surface area contributed by atoms with Crippen molar-refractivity contribution >= 4 is 45.6 Å². The van der Waals surface area contributed by atoms with Crippen molar-refractivity contribution < 1.29 is 9.84 Å². The van der Waals surface area contributed by atoms with Crippen LogP contribution in [0.15, 0.2) is 103 Å². The summed E-state index contributed by atoms with van der Waals surface area (Å²) < 4.78 is 5.98. The van der Waals surface area contributed by atoms with Crippen molar-refractivity contribution in [1.82, 2.24) is 4.90 Å². The Labute approximate surface area is 236 Å². The molecule has 38 heavy (non-hydrogen) atoms. The molecule has 0 fully saturated rings. The quantitative estimate of drug-likeness (QED) is 0.214. The summed E-state index contributed by atoms with van der Waals surface area (Å²) in [5, 5.41) is 18.1. The molecular weight excluding hydrogens is 513 g/mol. The molecule has 5 heteroatoms. The summed E-state index contributed by atoms with van der Waals surface area (Å²) in [7, 11) is 5.78. The van der Waals surface area contributed by atoms with Crippen molar-refractivity contribution in [3.05, 3.63) is 125 Å². The molecule has 0 aliphatic rings. The van der Waals surface area contributed by atoms with Crippen LogP contribution in [0, 0.1) is 0 Å². The highest BCUT2D eigenvalue weighted by Gasteiger charge is 2.42. The molecule has 0 amide bonds. The van der Waals surface area contributed by atoms with Crippen molar-refractivity contribution in [3.63, 3.8) is 0 Å². The molecule has 3 nitrogen and oxygen atoms in total. The van der Waals surface area contributed by atoms with Gasteiger partial charge in [0.2, 0.25) is 0 Å². The number of halogens is 2. The van der Waals surface area contributed by atoms with Crippen LogP contribution in [-0.2, 0) is 5.60 Å². The molecule has 5 aromatic carbocycles. The first-order valence-electron chi connectivity index (χ1n) is 12.6. The van der Waals surface area contributed by atoms with Crippen LogP contribution in [0.5, 0.6) is 5.75 Å². The van der Waals surface area contributed by atoms with Crippen molar-refractivity contribution in [1.29, 1.82) is 0 Å². The Morgan fingerprint density at radius 2 is 1.42 bits per heavy atom. The molecule has 0 radical (unpaired) electrons. The molecule has 0 aliphatic carbocycles. The summed E-state index contributed by atoms with van der Waals surface area (Å²) in [5.41, 5.74) is 1.59. The first-order valence-corrected chi connectivity index (χ1v) is 13.0. The fourth-order valence-electron chi connectivity index (χ4n) is 5.44. The van der Waals surface area contributed by atoms with Crippen LogP contribution in [0.2, 0.25) is 5.02 Å². The minimum Gasteiger partial charge on any atom is -0.496 e. The molecule has 5 aromatic rings. The highest BCUT2D eigenvalue weighted by molar-refractivity contribution is 6.30. The molecule has 2 unspecified atom stereocenters. The second-order valence-corrected chi connectivity index (χ2v) is 10.4. The van der Waals surface area contributed by atoms with E-state index < -0.39 is 11.5 Å². The minimum absolute atomic E-state index is 0. The van der Waals surface area contributed by atoms with E-state index in [1.165, 1.54) is 0 Å². The van der Waals surface area contributed by atoms with Gasteiger partial charge < -0.3 is 14.7 Å². The Morgan fingerprint density at radius 3 is 2.08 bits per heavy atom. The van der Waals surface area contributed by atoms with Crippen LogP contribution in [-0.4, -0.2) is 37.8 Å². The fraction of sp³-hybridized carbons (Fsp3) is 0.212. The van der Waals surface area contributed by atoms with E-state index in [1.54, 1.807) is 7.11 Å². The lowest BCUT2D eigenvalue weighted by atomic mass is 9.70. The second kappa shape index (κ2) is 11.8. The maximum absolute atomic E-state index is 13.0. The molecule has 0 spiro atoms. The van der Waals surface area contributed by atoms with Gasteiger partial charge in [0.25, 0.3) is 0 Å². The van der Waals surface area contributed by atoms with Crippen LogP contribution in [0.3, 0.4) is 0 Å². The molecule has 0 heterocycles. The fourth-order valence-corrected chi connectivity index (χ4v) is 5.56. The van der Waals surface area contributed by atoms with Crippen LogP contribution < -0.4 is 4.74 Å². The standard InChI is InChI=1S/C33H32ClNO2.ClH/c1-35(2)20-19-33(36,30-14-8-12-23-9-6-7-13-28(23)30)32(24-15-17-27(34)18-16-24)29-21-25-10-4-5-11-26(25)22-31(29)37-3;/h4-18,21-22,32,36H,19-20H2,1-3H3;1H. The van der Waals surface area contributed by atoms with Gasteiger partial charge in [0.05, 0.1) is 7.11 Å². The molecular formula is C33H33Cl2NO2.